The van der Waals surface area contributed by atoms with Crippen LogP contribution in [-0.4, -0.2) is 9.67 Å². The predicted octanol–water partition coefficient (Wildman–Crippen LogP) is 1.95. The fourth-order valence-electron chi connectivity index (χ4n) is 0.986. The van der Waals surface area contributed by atoms with Crippen LogP contribution in [0.2, 0.25) is 0 Å². The molecule has 0 aromatic carbocycles. The van der Waals surface area contributed by atoms with Gasteiger partial charge in [0.2, 0.25) is 0 Å². The van der Waals surface area contributed by atoms with Gasteiger partial charge in [-0.3, -0.25) is 0 Å². The number of aliphatic hydroxyl groups is 1. The summed E-state index contributed by atoms with van der Waals surface area (Å²) in [6, 6.07) is 1.93. The van der Waals surface area contributed by atoms with Crippen LogP contribution in [0.3, 0.4) is 0 Å². The first kappa shape index (κ1) is 9.07. The highest BCUT2D eigenvalue weighted by Crippen LogP contribution is 2.01. The van der Waals surface area contributed by atoms with E-state index in [1.165, 1.54) is 5.57 Å². The Morgan fingerprint density at radius 2 is 2.33 bits per heavy atom. The second-order valence-corrected chi connectivity index (χ2v) is 3.16. The number of rotatable bonds is 3. The summed E-state index contributed by atoms with van der Waals surface area (Å²) in [4.78, 5) is 0. The molecule has 0 atom stereocenters. The van der Waals surface area contributed by atoms with E-state index in [1.54, 1.807) is 0 Å². The van der Waals surface area contributed by atoms with Crippen LogP contribution in [0.1, 0.15) is 19.4 Å². The van der Waals surface area contributed by atoms with E-state index >= 15 is 0 Å². The molecule has 0 spiro atoms. The van der Waals surface area contributed by atoms with Crippen molar-refractivity contribution in [2.24, 2.45) is 0 Å². The Morgan fingerprint density at radius 1 is 1.58 bits per heavy atom. The summed E-state index contributed by atoms with van der Waals surface area (Å²) in [5.74, 6) is 0. The molecule has 0 bridgehead atoms. The molecule has 0 aliphatic carbocycles. The third kappa shape index (κ3) is 2.55. The van der Waals surface area contributed by atoms with Crippen molar-refractivity contribution >= 4 is 0 Å². The molecule has 2 nitrogen and oxygen atoms in total. The Balaban J connectivity index is 2.58. The van der Waals surface area contributed by atoms with Crippen molar-refractivity contribution in [3.63, 3.8) is 0 Å². The van der Waals surface area contributed by atoms with Crippen LogP contribution in [0.25, 0.3) is 0 Å². The molecule has 0 aliphatic heterocycles. The van der Waals surface area contributed by atoms with Crippen molar-refractivity contribution in [3.8, 4) is 0 Å². The standard InChI is InChI=1S/C10H15NO/c1-9(2)3-5-11-6-4-10(7-11)8-12/h3-4,6-7,12H,5,8H2,1-2H3. The van der Waals surface area contributed by atoms with E-state index in [4.69, 9.17) is 5.11 Å². The van der Waals surface area contributed by atoms with Crippen LogP contribution in [-0.2, 0) is 13.2 Å². The minimum absolute atomic E-state index is 0.127. The molecule has 0 amide bonds. The molecule has 1 rings (SSSR count). The topological polar surface area (TPSA) is 25.2 Å². The van der Waals surface area contributed by atoms with Gasteiger partial charge in [0, 0.05) is 18.9 Å². The van der Waals surface area contributed by atoms with Crippen LogP contribution in [0.15, 0.2) is 30.1 Å². The average Bonchev–Trinajstić information content (AvgIpc) is 2.48. The van der Waals surface area contributed by atoms with Crippen molar-refractivity contribution < 1.29 is 5.11 Å². The summed E-state index contributed by atoms with van der Waals surface area (Å²) in [5.41, 5.74) is 2.28. The number of allylic oxidation sites excluding steroid dienone is 2. The second kappa shape index (κ2) is 4.12. The summed E-state index contributed by atoms with van der Waals surface area (Å²) in [7, 11) is 0. The van der Waals surface area contributed by atoms with Gasteiger partial charge in [0.05, 0.1) is 6.61 Å². The predicted molar refractivity (Wildman–Crippen MR) is 49.8 cm³/mol. The molecule has 0 saturated carbocycles. The van der Waals surface area contributed by atoms with Gasteiger partial charge in [-0.2, -0.15) is 0 Å². The van der Waals surface area contributed by atoms with Gasteiger partial charge >= 0.3 is 0 Å². The number of nitrogens with zero attached hydrogens (tertiary/aromatic N) is 1. The maximum Gasteiger partial charge on any atom is 0.0696 e. The molecule has 0 saturated heterocycles. The van der Waals surface area contributed by atoms with Crippen LogP contribution >= 0.6 is 0 Å². The summed E-state index contributed by atoms with van der Waals surface area (Å²) >= 11 is 0. The van der Waals surface area contributed by atoms with Gasteiger partial charge in [0.15, 0.2) is 0 Å². The molecule has 1 aromatic rings. The molecule has 1 N–H and O–H groups in total. The minimum atomic E-state index is 0.127. The van der Waals surface area contributed by atoms with Crippen molar-refractivity contribution in [2.75, 3.05) is 0 Å². The quantitative estimate of drug-likeness (QED) is 0.680. The third-order valence-electron chi connectivity index (χ3n) is 1.70. The molecular formula is C10H15NO. The Hall–Kier alpha value is -1.02. The lowest BCUT2D eigenvalue weighted by molar-refractivity contribution is 0.282. The zero-order chi connectivity index (χ0) is 8.97. The monoisotopic (exact) mass is 165 g/mol. The number of hydrogen-bond acceptors (Lipinski definition) is 1. The van der Waals surface area contributed by atoms with Gasteiger partial charge in [0.1, 0.15) is 0 Å². The van der Waals surface area contributed by atoms with E-state index in [0.29, 0.717) is 0 Å². The first-order valence-electron chi connectivity index (χ1n) is 4.11. The van der Waals surface area contributed by atoms with Crippen molar-refractivity contribution in [2.45, 2.75) is 27.0 Å². The molecule has 1 heterocycles. The SMILES string of the molecule is CC(C)=CCn1ccc(CO)c1. The molecule has 0 unspecified atom stereocenters. The van der Waals surface area contributed by atoms with Gasteiger partial charge in [0.25, 0.3) is 0 Å². The van der Waals surface area contributed by atoms with E-state index in [9.17, 15) is 0 Å². The Morgan fingerprint density at radius 3 is 2.83 bits per heavy atom. The summed E-state index contributed by atoms with van der Waals surface area (Å²) in [6.07, 6.45) is 6.09. The minimum Gasteiger partial charge on any atom is -0.392 e. The first-order valence-corrected chi connectivity index (χ1v) is 4.11. The lowest BCUT2D eigenvalue weighted by atomic mass is 10.3. The Labute approximate surface area is 73.1 Å². The zero-order valence-corrected chi connectivity index (χ0v) is 7.62. The zero-order valence-electron chi connectivity index (χ0n) is 7.62. The average molecular weight is 165 g/mol. The highest BCUT2D eigenvalue weighted by Gasteiger charge is 1.92. The maximum atomic E-state index is 8.80. The van der Waals surface area contributed by atoms with Crippen LogP contribution < -0.4 is 0 Å². The van der Waals surface area contributed by atoms with Gasteiger partial charge in [-0.15, -0.1) is 0 Å². The highest BCUT2D eigenvalue weighted by molar-refractivity contribution is 5.09. The second-order valence-electron chi connectivity index (χ2n) is 3.16. The fourth-order valence-corrected chi connectivity index (χ4v) is 0.986. The molecule has 0 fully saturated rings. The molecular weight excluding hydrogens is 150 g/mol. The number of aromatic nitrogens is 1. The molecule has 12 heavy (non-hydrogen) atoms. The van der Waals surface area contributed by atoms with E-state index in [1.807, 2.05) is 18.5 Å². The molecule has 1 aromatic heterocycles. The van der Waals surface area contributed by atoms with Crippen molar-refractivity contribution in [1.82, 2.24) is 4.57 Å². The molecule has 0 radical (unpaired) electrons. The van der Waals surface area contributed by atoms with E-state index in [2.05, 4.69) is 24.5 Å². The lowest BCUT2D eigenvalue weighted by Crippen LogP contribution is -1.90. The first-order chi connectivity index (χ1) is 5.72. The third-order valence-corrected chi connectivity index (χ3v) is 1.70. The van der Waals surface area contributed by atoms with E-state index in [0.717, 1.165) is 12.1 Å². The summed E-state index contributed by atoms with van der Waals surface area (Å²) < 4.78 is 2.05. The van der Waals surface area contributed by atoms with Crippen LogP contribution in [0.4, 0.5) is 0 Å². The Kier molecular flexibility index (Phi) is 3.11. The molecule has 66 valence electrons. The number of aliphatic hydroxyl groups excluding tert-OH is 1. The number of hydrogen-bond donors (Lipinski definition) is 1. The molecule has 0 aliphatic rings. The summed E-state index contributed by atoms with van der Waals surface area (Å²) in [6.45, 7) is 5.18. The highest BCUT2D eigenvalue weighted by atomic mass is 16.3. The van der Waals surface area contributed by atoms with Gasteiger partial charge in [-0.25, -0.2) is 0 Å². The van der Waals surface area contributed by atoms with Crippen LogP contribution in [0.5, 0.6) is 0 Å². The van der Waals surface area contributed by atoms with E-state index in [-0.39, 0.29) is 6.61 Å². The molecule has 2 heteroatoms. The van der Waals surface area contributed by atoms with Gasteiger partial charge in [-0.05, 0) is 25.5 Å². The van der Waals surface area contributed by atoms with E-state index < -0.39 is 0 Å². The van der Waals surface area contributed by atoms with Gasteiger partial charge in [-0.1, -0.05) is 11.6 Å². The normalized spacial score (nSPS) is 9.92. The van der Waals surface area contributed by atoms with Crippen molar-refractivity contribution in [3.05, 3.63) is 35.7 Å². The van der Waals surface area contributed by atoms with Crippen molar-refractivity contribution in [1.29, 1.82) is 0 Å². The van der Waals surface area contributed by atoms with Gasteiger partial charge < -0.3 is 9.67 Å². The fraction of sp³-hybridized carbons (Fsp3) is 0.400. The maximum absolute atomic E-state index is 8.80. The largest absolute Gasteiger partial charge is 0.392 e. The lowest BCUT2D eigenvalue weighted by Gasteiger charge is -1.96. The summed E-state index contributed by atoms with van der Waals surface area (Å²) in [5, 5.41) is 8.80. The Bertz CT molecular complexity index is 269. The smallest absolute Gasteiger partial charge is 0.0696 e. The van der Waals surface area contributed by atoms with Crippen LogP contribution in [0, 0.1) is 0 Å².